The third-order valence-corrected chi connectivity index (χ3v) is 2.31. The second-order valence-electron chi connectivity index (χ2n) is 3.18. The van der Waals surface area contributed by atoms with Crippen molar-refractivity contribution in [1.29, 1.82) is 0 Å². The molecule has 0 aliphatic carbocycles. The van der Waals surface area contributed by atoms with Gasteiger partial charge in [-0.05, 0) is 25.3 Å². The second kappa shape index (κ2) is 4.30. The third-order valence-electron chi connectivity index (χ3n) is 2.31. The Labute approximate surface area is 75.6 Å². The molecule has 0 heteroatoms. The van der Waals surface area contributed by atoms with Crippen molar-refractivity contribution in [3.8, 4) is 0 Å². The topological polar surface area (TPSA) is 0 Å². The van der Waals surface area contributed by atoms with E-state index >= 15 is 0 Å². The maximum atomic E-state index is 2.22. The summed E-state index contributed by atoms with van der Waals surface area (Å²) in [6.45, 7) is 6.57. The van der Waals surface area contributed by atoms with Gasteiger partial charge in [-0.1, -0.05) is 43.7 Å². The Balaban J connectivity index is 2.80. The van der Waals surface area contributed by atoms with Crippen molar-refractivity contribution in [3.05, 3.63) is 41.3 Å². The van der Waals surface area contributed by atoms with Gasteiger partial charge < -0.3 is 0 Å². The molecule has 0 fully saturated rings. The number of hydrogen-bond acceptors (Lipinski definition) is 0. The molecule has 0 aliphatic heterocycles. The van der Waals surface area contributed by atoms with Crippen molar-refractivity contribution in [2.75, 3.05) is 0 Å². The molecule has 0 atom stereocenters. The summed E-state index contributed by atoms with van der Waals surface area (Å²) in [6.07, 6.45) is 2.33. The zero-order valence-electron chi connectivity index (χ0n) is 8.22. The normalized spacial score (nSPS) is 10.7. The second-order valence-corrected chi connectivity index (χ2v) is 3.18. The van der Waals surface area contributed by atoms with E-state index in [-0.39, 0.29) is 0 Å². The summed E-state index contributed by atoms with van der Waals surface area (Å²) in [4.78, 5) is 0. The largest absolute Gasteiger partial charge is 0.0645 e. The lowest BCUT2D eigenvalue weighted by Gasteiger charge is -2.11. The Hall–Kier alpha value is -0.780. The van der Waals surface area contributed by atoms with Crippen LogP contribution in [-0.2, 0) is 0 Å². The SMILES string of the molecule is CC[C](CC)c1ccc(C)cc1. The first kappa shape index (κ1) is 9.31. The van der Waals surface area contributed by atoms with E-state index in [2.05, 4.69) is 45.0 Å². The highest BCUT2D eigenvalue weighted by molar-refractivity contribution is 5.32. The minimum Gasteiger partial charge on any atom is -0.0645 e. The molecule has 0 unspecified atom stereocenters. The van der Waals surface area contributed by atoms with Crippen LogP contribution >= 0.6 is 0 Å². The molecule has 0 heterocycles. The van der Waals surface area contributed by atoms with Gasteiger partial charge in [0, 0.05) is 5.92 Å². The molecule has 0 N–H and O–H groups in total. The van der Waals surface area contributed by atoms with Gasteiger partial charge in [0.1, 0.15) is 0 Å². The highest BCUT2D eigenvalue weighted by Crippen LogP contribution is 2.21. The summed E-state index contributed by atoms with van der Waals surface area (Å²) in [7, 11) is 0. The van der Waals surface area contributed by atoms with Crippen LogP contribution in [0.1, 0.15) is 37.8 Å². The van der Waals surface area contributed by atoms with Crippen LogP contribution in [0, 0.1) is 12.8 Å². The molecule has 0 aliphatic rings. The molecule has 0 bridgehead atoms. The van der Waals surface area contributed by atoms with Gasteiger partial charge in [0.15, 0.2) is 0 Å². The molecular weight excluding hydrogens is 144 g/mol. The van der Waals surface area contributed by atoms with Crippen molar-refractivity contribution in [3.63, 3.8) is 0 Å². The Kier molecular flexibility index (Phi) is 3.33. The fourth-order valence-corrected chi connectivity index (χ4v) is 1.45. The van der Waals surface area contributed by atoms with Gasteiger partial charge in [0.2, 0.25) is 0 Å². The van der Waals surface area contributed by atoms with E-state index in [1.807, 2.05) is 0 Å². The van der Waals surface area contributed by atoms with Crippen LogP contribution in [0.4, 0.5) is 0 Å². The standard InChI is InChI=1S/C12H17/c1-4-11(5-2)12-8-6-10(3)7-9-12/h6-9H,4-5H2,1-3H3. The quantitative estimate of drug-likeness (QED) is 0.633. The number of aryl methyl sites for hydroxylation is 1. The zero-order valence-corrected chi connectivity index (χ0v) is 8.22. The van der Waals surface area contributed by atoms with Crippen molar-refractivity contribution in [2.45, 2.75) is 33.6 Å². The molecule has 0 amide bonds. The molecule has 1 aromatic carbocycles. The highest BCUT2D eigenvalue weighted by atomic mass is 14.1. The third kappa shape index (κ3) is 2.10. The fourth-order valence-electron chi connectivity index (χ4n) is 1.45. The first-order valence-corrected chi connectivity index (χ1v) is 4.69. The van der Waals surface area contributed by atoms with E-state index in [1.165, 1.54) is 24.0 Å². The van der Waals surface area contributed by atoms with E-state index < -0.39 is 0 Å². The van der Waals surface area contributed by atoms with Crippen molar-refractivity contribution in [1.82, 2.24) is 0 Å². The van der Waals surface area contributed by atoms with Gasteiger partial charge in [-0.3, -0.25) is 0 Å². The molecule has 0 spiro atoms. The van der Waals surface area contributed by atoms with Crippen molar-refractivity contribution in [2.24, 2.45) is 0 Å². The average molecular weight is 161 g/mol. The molecule has 0 nitrogen and oxygen atoms in total. The Morgan fingerprint density at radius 2 is 1.50 bits per heavy atom. The number of hydrogen-bond donors (Lipinski definition) is 0. The van der Waals surface area contributed by atoms with E-state index in [1.54, 1.807) is 5.92 Å². The molecule has 0 saturated carbocycles. The van der Waals surface area contributed by atoms with Gasteiger partial charge in [-0.25, -0.2) is 0 Å². The zero-order chi connectivity index (χ0) is 8.97. The van der Waals surface area contributed by atoms with Crippen molar-refractivity contribution < 1.29 is 0 Å². The van der Waals surface area contributed by atoms with E-state index in [9.17, 15) is 0 Å². The fraction of sp³-hybridized carbons (Fsp3) is 0.417. The number of rotatable bonds is 3. The van der Waals surface area contributed by atoms with Crippen molar-refractivity contribution >= 4 is 0 Å². The van der Waals surface area contributed by atoms with Crippen LogP contribution in [0.3, 0.4) is 0 Å². The smallest absolute Gasteiger partial charge is 0.00443 e. The first-order chi connectivity index (χ1) is 5.77. The van der Waals surface area contributed by atoms with Crippen LogP contribution < -0.4 is 0 Å². The minimum atomic E-state index is 1.17. The molecule has 0 aromatic heterocycles. The Bertz CT molecular complexity index is 216. The Morgan fingerprint density at radius 3 is 1.92 bits per heavy atom. The summed E-state index contributed by atoms with van der Waals surface area (Å²) >= 11 is 0. The monoisotopic (exact) mass is 161 g/mol. The summed E-state index contributed by atoms with van der Waals surface area (Å²) in [5.41, 5.74) is 2.75. The van der Waals surface area contributed by atoms with Crippen LogP contribution in [0.15, 0.2) is 24.3 Å². The van der Waals surface area contributed by atoms with E-state index in [0.29, 0.717) is 0 Å². The highest BCUT2D eigenvalue weighted by Gasteiger charge is 2.05. The van der Waals surface area contributed by atoms with E-state index in [4.69, 9.17) is 0 Å². The molecule has 12 heavy (non-hydrogen) atoms. The molecule has 1 rings (SSSR count). The molecular formula is C12H17. The summed E-state index contributed by atoms with van der Waals surface area (Å²) in [5.74, 6) is 1.55. The van der Waals surface area contributed by atoms with Crippen LogP contribution in [0.25, 0.3) is 0 Å². The number of benzene rings is 1. The predicted molar refractivity (Wildman–Crippen MR) is 54.1 cm³/mol. The molecule has 65 valence electrons. The Morgan fingerprint density at radius 1 is 1.00 bits per heavy atom. The van der Waals surface area contributed by atoms with Gasteiger partial charge in [-0.15, -0.1) is 0 Å². The van der Waals surface area contributed by atoms with Crippen LogP contribution in [0.2, 0.25) is 0 Å². The molecule has 0 saturated heterocycles. The first-order valence-electron chi connectivity index (χ1n) is 4.69. The lowest BCUT2D eigenvalue weighted by atomic mass is 9.93. The van der Waals surface area contributed by atoms with Gasteiger partial charge in [-0.2, -0.15) is 0 Å². The van der Waals surface area contributed by atoms with Gasteiger partial charge in [0.25, 0.3) is 0 Å². The van der Waals surface area contributed by atoms with E-state index in [0.717, 1.165) is 0 Å². The maximum absolute atomic E-state index is 2.22. The summed E-state index contributed by atoms with van der Waals surface area (Å²) in [5, 5.41) is 0. The molecule has 1 radical (unpaired) electrons. The van der Waals surface area contributed by atoms with Gasteiger partial charge >= 0.3 is 0 Å². The predicted octanol–water partition coefficient (Wildman–Crippen LogP) is 3.74. The lowest BCUT2D eigenvalue weighted by Crippen LogP contribution is -1.95. The maximum Gasteiger partial charge on any atom is 0.00443 e. The summed E-state index contributed by atoms with van der Waals surface area (Å²) in [6, 6.07) is 8.80. The minimum absolute atomic E-state index is 1.17. The molecule has 1 aromatic rings. The lowest BCUT2D eigenvalue weighted by molar-refractivity contribution is 0.849. The summed E-state index contributed by atoms with van der Waals surface area (Å²) < 4.78 is 0. The van der Waals surface area contributed by atoms with Crippen LogP contribution in [0.5, 0.6) is 0 Å². The average Bonchev–Trinajstić information content (AvgIpc) is 2.10. The van der Waals surface area contributed by atoms with Gasteiger partial charge in [0.05, 0.1) is 0 Å². The van der Waals surface area contributed by atoms with Crippen LogP contribution in [-0.4, -0.2) is 0 Å².